The van der Waals surface area contributed by atoms with Crippen molar-refractivity contribution in [3.8, 4) is 0 Å². The smallest absolute Gasteiger partial charge is 0.132 e. The van der Waals surface area contributed by atoms with E-state index in [1.807, 2.05) is 0 Å². The van der Waals surface area contributed by atoms with Crippen molar-refractivity contribution >= 4 is 54.9 Å². The number of isothiocyanates is 1. The van der Waals surface area contributed by atoms with Crippen LogP contribution in [0.25, 0.3) is 0 Å². The van der Waals surface area contributed by atoms with Gasteiger partial charge in [0.05, 0.1) is 5.16 Å². The molecule has 1 aromatic heterocycles. The molecule has 0 saturated carbocycles. The maximum absolute atomic E-state index is 4.46. The van der Waals surface area contributed by atoms with Gasteiger partial charge in [-0.3, -0.25) is 0 Å². The molecule has 0 aliphatic rings. The van der Waals surface area contributed by atoms with Crippen molar-refractivity contribution in [1.29, 1.82) is 0 Å². The maximum Gasteiger partial charge on any atom is 0.132 e. The summed E-state index contributed by atoms with van der Waals surface area (Å²) in [6.07, 6.45) is 1.67. The molecule has 0 amide bonds. The fourth-order valence-electron chi connectivity index (χ4n) is 0.539. The molecular weight excluding hydrogens is 292 g/mol. The van der Waals surface area contributed by atoms with E-state index < -0.39 is 0 Å². The highest BCUT2D eigenvalue weighted by Gasteiger charge is 1.98. The molecule has 11 heavy (non-hydrogen) atoms. The van der Waals surface area contributed by atoms with Crippen molar-refractivity contribution < 1.29 is 0 Å². The predicted molar refractivity (Wildman–Crippen MR) is 54.3 cm³/mol. The highest BCUT2D eigenvalue weighted by molar-refractivity contribution is 9.11. The Bertz CT molecular complexity index is 320. The molecule has 56 valence electrons. The maximum atomic E-state index is 4.46. The number of thiocarbonyl (C=S) groups is 1. The third kappa shape index (κ3) is 2.45. The molecule has 5 heteroatoms. The Morgan fingerprint density at radius 3 is 2.91 bits per heavy atom. The Balaban J connectivity index is 3.22. The van der Waals surface area contributed by atoms with Gasteiger partial charge >= 0.3 is 0 Å². The Morgan fingerprint density at radius 1 is 1.55 bits per heavy atom. The molecule has 0 aliphatic carbocycles. The quantitative estimate of drug-likeness (QED) is 0.451. The monoisotopic (exact) mass is 292 g/mol. The third-order valence-electron chi connectivity index (χ3n) is 0.953. The Kier molecular flexibility index (Phi) is 3.33. The number of rotatable bonds is 1. The Hall–Kier alpha value is -0.0900. The van der Waals surface area contributed by atoms with E-state index in [4.69, 9.17) is 0 Å². The second-order valence-corrected chi connectivity index (χ2v) is 3.52. The number of aliphatic imine (C=N–C) groups is 1. The molecule has 1 heterocycles. The number of hydrogen-bond acceptors (Lipinski definition) is 3. The Morgan fingerprint density at radius 2 is 2.27 bits per heavy atom. The van der Waals surface area contributed by atoms with Gasteiger partial charge in [0.1, 0.15) is 10.3 Å². The lowest BCUT2D eigenvalue weighted by Crippen LogP contribution is -1.75. The first-order chi connectivity index (χ1) is 5.24. The average molecular weight is 294 g/mol. The van der Waals surface area contributed by atoms with E-state index >= 15 is 0 Å². The number of nitrogens with zero attached hydrogens (tertiary/aromatic N) is 2. The van der Waals surface area contributed by atoms with Crippen LogP contribution in [0, 0.1) is 0 Å². The fraction of sp³-hybridized carbons (Fsp3) is 0. The van der Waals surface area contributed by atoms with Gasteiger partial charge in [0.25, 0.3) is 0 Å². The van der Waals surface area contributed by atoms with Crippen LogP contribution < -0.4 is 0 Å². The van der Waals surface area contributed by atoms with Crippen LogP contribution in [-0.2, 0) is 0 Å². The second kappa shape index (κ2) is 4.07. The van der Waals surface area contributed by atoms with Gasteiger partial charge < -0.3 is 0 Å². The number of aromatic nitrogens is 1. The van der Waals surface area contributed by atoms with E-state index in [-0.39, 0.29) is 0 Å². The van der Waals surface area contributed by atoms with Gasteiger partial charge in [-0.2, -0.15) is 4.99 Å². The number of hydrogen-bond donors (Lipinski definition) is 0. The normalized spacial score (nSPS) is 8.91. The van der Waals surface area contributed by atoms with Crippen molar-refractivity contribution in [1.82, 2.24) is 4.98 Å². The molecule has 0 spiro atoms. The van der Waals surface area contributed by atoms with E-state index in [0.29, 0.717) is 10.3 Å². The summed E-state index contributed by atoms with van der Waals surface area (Å²) in [5.41, 5.74) is 0.675. The molecule has 0 aromatic carbocycles. The topological polar surface area (TPSA) is 25.2 Å². The van der Waals surface area contributed by atoms with E-state index in [9.17, 15) is 0 Å². The molecule has 0 bridgehead atoms. The lowest BCUT2D eigenvalue weighted by Gasteiger charge is -1.94. The summed E-state index contributed by atoms with van der Waals surface area (Å²) < 4.78 is 1.53. The van der Waals surface area contributed by atoms with Gasteiger partial charge in [-0.15, -0.1) is 0 Å². The zero-order chi connectivity index (χ0) is 8.27. The molecular formula is C6H2Br2N2S. The van der Waals surface area contributed by atoms with E-state index in [1.54, 1.807) is 12.3 Å². The minimum Gasteiger partial charge on any atom is -0.246 e. The fourth-order valence-corrected chi connectivity index (χ4v) is 1.26. The van der Waals surface area contributed by atoms with Gasteiger partial charge in [-0.05, 0) is 50.1 Å². The molecule has 0 N–H and O–H groups in total. The van der Waals surface area contributed by atoms with Crippen LogP contribution >= 0.6 is 44.1 Å². The van der Waals surface area contributed by atoms with Crippen LogP contribution in [0.4, 0.5) is 5.69 Å². The minimum atomic E-state index is 0.665. The summed E-state index contributed by atoms with van der Waals surface area (Å²) in [5, 5.41) is 2.27. The lowest BCUT2D eigenvalue weighted by molar-refractivity contribution is 1.24. The third-order valence-corrected chi connectivity index (χ3v) is 2.09. The summed E-state index contributed by atoms with van der Waals surface area (Å²) in [5.74, 6) is 0. The molecule has 0 unspecified atom stereocenters. The largest absolute Gasteiger partial charge is 0.246 e. The van der Waals surface area contributed by atoms with Crippen LogP contribution in [0.1, 0.15) is 0 Å². The summed E-state index contributed by atoms with van der Waals surface area (Å²) >= 11 is 10.9. The summed E-state index contributed by atoms with van der Waals surface area (Å²) in [6.45, 7) is 0. The van der Waals surface area contributed by atoms with E-state index in [0.717, 1.165) is 4.47 Å². The zero-order valence-corrected chi connectivity index (χ0v) is 9.20. The van der Waals surface area contributed by atoms with Gasteiger partial charge in [0.15, 0.2) is 0 Å². The van der Waals surface area contributed by atoms with E-state index in [2.05, 4.69) is 59.2 Å². The second-order valence-electron chi connectivity index (χ2n) is 1.67. The molecule has 0 saturated heterocycles. The molecule has 1 rings (SSSR count). The van der Waals surface area contributed by atoms with Crippen LogP contribution in [0.3, 0.4) is 0 Å². The van der Waals surface area contributed by atoms with Crippen molar-refractivity contribution in [3.63, 3.8) is 0 Å². The van der Waals surface area contributed by atoms with Crippen LogP contribution in [0.15, 0.2) is 26.3 Å². The van der Waals surface area contributed by atoms with Crippen LogP contribution in [-0.4, -0.2) is 10.1 Å². The molecule has 0 fully saturated rings. The molecule has 2 nitrogen and oxygen atoms in total. The van der Waals surface area contributed by atoms with Crippen LogP contribution in [0.2, 0.25) is 0 Å². The number of halogens is 2. The highest BCUT2D eigenvalue weighted by atomic mass is 79.9. The van der Waals surface area contributed by atoms with Crippen LogP contribution in [0.5, 0.6) is 0 Å². The SMILES string of the molecule is S=C=Nc1cc(Br)cnc1Br. The first kappa shape index (κ1) is 9.00. The van der Waals surface area contributed by atoms with Crippen molar-refractivity contribution in [2.24, 2.45) is 4.99 Å². The standard InChI is InChI=1S/C6H2Br2N2S/c7-4-1-5(10-3-11)6(8)9-2-4/h1-2H. The van der Waals surface area contributed by atoms with Gasteiger partial charge in [-0.25, -0.2) is 4.98 Å². The van der Waals surface area contributed by atoms with Gasteiger partial charge in [0, 0.05) is 10.7 Å². The molecule has 1 aromatic rings. The van der Waals surface area contributed by atoms with Crippen molar-refractivity contribution in [2.75, 3.05) is 0 Å². The summed E-state index contributed by atoms with van der Waals surface area (Å²) in [6, 6.07) is 1.80. The average Bonchev–Trinajstić information content (AvgIpc) is 1.98. The zero-order valence-electron chi connectivity index (χ0n) is 5.21. The first-order valence-electron chi connectivity index (χ1n) is 2.63. The van der Waals surface area contributed by atoms with Crippen molar-refractivity contribution in [2.45, 2.75) is 0 Å². The van der Waals surface area contributed by atoms with Gasteiger partial charge in [-0.1, -0.05) is 0 Å². The minimum absolute atomic E-state index is 0.665. The first-order valence-corrected chi connectivity index (χ1v) is 4.62. The lowest BCUT2D eigenvalue weighted by atomic mass is 10.4. The molecule has 0 aliphatic heterocycles. The molecule has 0 atom stereocenters. The Labute approximate surface area is 86.0 Å². The van der Waals surface area contributed by atoms with Gasteiger partial charge in [0.2, 0.25) is 0 Å². The summed E-state index contributed by atoms with van der Waals surface area (Å²) in [4.78, 5) is 7.78. The predicted octanol–water partition coefficient (Wildman–Crippen LogP) is 3.34. The summed E-state index contributed by atoms with van der Waals surface area (Å²) in [7, 11) is 0. The number of pyridine rings is 1. The van der Waals surface area contributed by atoms with Crippen molar-refractivity contribution in [3.05, 3.63) is 21.3 Å². The van der Waals surface area contributed by atoms with E-state index in [1.165, 1.54) is 0 Å². The highest BCUT2D eigenvalue weighted by Crippen LogP contribution is 2.25. The molecule has 0 radical (unpaired) electrons.